The van der Waals surface area contributed by atoms with Crippen molar-refractivity contribution in [3.8, 4) is 11.3 Å². The summed E-state index contributed by atoms with van der Waals surface area (Å²) in [5.74, 6) is 0.0166. The number of nitrogens with zero attached hydrogens (tertiary/aromatic N) is 1. The quantitative estimate of drug-likeness (QED) is 0.823. The van der Waals surface area contributed by atoms with Gasteiger partial charge in [0.2, 0.25) is 0 Å². The maximum atomic E-state index is 13.0. The number of benzene rings is 1. The van der Waals surface area contributed by atoms with Crippen LogP contribution in [0, 0.1) is 5.82 Å². The minimum absolute atomic E-state index is 0.303. The van der Waals surface area contributed by atoms with Gasteiger partial charge in [0.15, 0.2) is 5.95 Å². The Hall–Kier alpha value is -1.36. The zero-order valence-electron chi connectivity index (χ0n) is 7.09. The van der Waals surface area contributed by atoms with Gasteiger partial charge in [-0.15, -0.1) is 0 Å². The first-order chi connectivity index (χ1) is 6.65. The number of H-pyrrole nitrogens is 1. The Balaban J connectivity index is 2.51. The lowest BCUT2D eigenvalue weighted by atomic mass is 10.2. The van der Waals surface area contributed by atoms with Crippen molar-refractivity contribution in [2.75, 3.05) is 5.73 Å². The average molecular weight is 256 g/mol. The van der Waals surface area contributed by atoms with Crippen molar-refractivity contribution in [2.45, 2.75) is 0 Å². The molecule has 0 radical (unpaired) electrons. The molecule has 0 saturated carbocycles. The number of nitrogen functional groups attached to an aromatic ring is 1. The van der Waals surface area contributed by atoms with E-state index >= 15 is 0 Å². The topological polar surface area (TPSA) is 54.7 Å². The molecule has 72 valence electrons. The zero-order chi connectivity index (χ0) is 10.1. The Morgan fingerprint density at radius 1 is 1.36 bits per heavy atom. The van der Waals surface area contributed by atoms with E-state index in [2.05, 4.69) is 25.9 Å². The fraction of sp³-hybridized carbons (Fsp3) is 0. The van der Waals surface area contributed by atoms with Crippen LogP contribution in [-0.4, -0.2) is 9.97 Å². The van der Waals surface area contributed by atoms with Gasteiger partial charge >= 0.3 is 0 Å². The van der Waals surface area contributed by atoms with Crippen LogP contribution < -0.4 is 5.73 Å². The van der Waals surface area contributed by atoms with Crippen molar-refractivity contribution in [2.24, 2.45) is 0 Å². The first-order valence-electron chi connectivity index (χ1n) is 3.92. The van der Waals surface area contributed by atoms with E-state index in [1.54, 1.807) is 12.3 Å². The van der Waals surface area contributed by atoms with Gasteiger partial charge in [0.1, 0.15) is 5.82 Å². The molecule has 2 rings (SSSR count). The Morgan fingerprint density at radius 3 is 2.71 bits per heavy atom. The molecule has 5 heteroatoms. The fourth-order valence-electron chi connectivity index (χ4n) is 1.19. The van der Waals surface area contributed by atoms with Gasteiger partial charge in [-0.3, -0.25) is 0 Å². The maximum absolute atomic E-state index is 13.0. The van der Waals surface area contributed by atoms with E-state index in [1.165, 1.54) is 12.1 Å². The second-order valence-corrected chi connectivity index (χ2v) is 3.76. The van der Waals surface area contributed by atoms with Crippen molar-refractivity contribution in [3.63, 3.8) is 0 Å². The first kappa shape index (κ1) is 9.21. The highest BCUT2D eigenvalue weighted by Gasteiger charge is 2.04. The highest BCUT2D eigenvalue weighted by atomic mass is 79.9. The summed E-state index contributed by atoms with van der Waals surface area (Å²) in [6, 6.07) is 4.59. The number of hydrogen-bond donors (Lipinski definition) is 2. The van der Waals surface area contributed by atoms with Crippen LogP contribution in [0.3, 0.4) is 0 Å². The molecular formula is C9H7BrFN3. The number of rotatable bonds is 1. The molecule has 0 bridgehead atoms. The van der Waals surface area contributed by atoms with E-state index < -0.39 is 0 Å². The largest absolute Gasteiger partial charge is 0.369 e. The van der Waals surface area contributed by atoms with Crippen molar-refractivity contribution < 1.29 is 4.39 Å². The minimum Gasteiger partial charge on any atom is -0.369 e. The van der Waals surface area contributed by atoms with Gasteiger partial charge in [-0.1, -0.05) is 15.9 Å². The van der Waals surface area contributed by atoms with Crippen LogP contribution in [0.15, 0.2) is 28.9 Å². The number of hydrogen-bond acceptors (Lipinski definition) is 2. The molecule has 0 aliphatic carbocycles. The summed E-state index contributed by atoms with van der Waals surface area (Å²) in [7, 11) is 0. The monoisotopic (exact) mass is 255 g/mol. The van der Waals surface area contributed by atoms with Crippen LogP contribution in [0.1, 0.15) is 0 Å². The lowest BCUT2D eigenvalue weighted by Crippen LogP contribution is -1.86. The molecule has 1 aromatic carbocycles. The van der Waals surface area contributed by atoms with Gasteiger partial charge in [-0.05, 0) is 18.2 Å². The molecule has 14 heavy (non-hydrogen) atoms. The Morgan fingerprint density at radius 2 is 2.14 bits per heavy atom. The maximum Gasteiger partial charge on any atom is 0.197 e. The lowest BCUT2D eigenvalue weighted by Gasteiger charge is -1.98. The van der Waals surface area contributed by atoms with E-state index in [-0.39, 0.29) is 5.82 Å². The second-order valence-electron chi connectivity index (χ2n) is 2.84. The van der Waals surface area contributed by atoms with Crippen LogP contribution in [0.4, 0.5) is 10.3 Å². The Labute approximate surface area is 88.3 Å². The van der Waals surface area contributed by atoms with E-state index in [1.807, 2.05) is 0 Å². The molecule has 0 amide bonds. The third-order valence-corrected chi connectivity index (χ3v) is 2.23. The minimum atomic E-state index is -0.303. The van der Waals surface area contributed by atoms with Gasteiger partial charge < -0.3 is 10.7 Å². The third kappa shape index (κ3) is 1.77. The summed E-state index contributed by atoms with van der Waals surface area (Å²) < 4.78 is 13.7. The van der Waals surface area contributed by atoms with Crippen LogP contribution in [0.5, 0.6) is 0 Å². The van der Waals surface area contributed by atoms with Crippen LogP contribution in [-0.2, 0) is 0 Å². The summed E-state index contributed by atoms with van der Waals surface area (Å²) in [6.45, 7) is 0. The summed E-state index contributed by atoms with van der Waals surface area (Å²) in [4.78, 5) is 6.66. The highest BCUT2D eigenvalue weighted by molar-refractivity contribution is 9.10. The summed E-state index contributed by atoms with van der Waals surface area (Å²) in [5.41, 5.74) is 6.83. The zero-order valence-corrected chi connectivity index (χ0v) is 8.68. The molecule has 2 aromatic rings. The Bertz CT molecular complexity index is 447. The molecule has 3 N–H and O–H groups in total. The van der Waals surface area contributed by atoms with Crippen LogP contribution in [0.25, 0.3) is 11.3 Å². The van der Waals surface area contributed by atoms with Crippen LogP contribution >= 0.6 is 15.9 Å². The van der Waals surface area contributed by atoms with Crippen molar-refractivity contribution in [1.29, 1.82) is 0 Å². The van der Waals surface area contributed by atoms with E-state index in [0.717, 1.165) is 0 Å². The highest BCUT2D eigenvalue weighted by Crippen LogP contribution is 2.23. The molecule has 0 spiro atoms. The predicted octanol–water partition coefficient (Wildman–Crippen LogP) is 2.56. The number of aromatic nitrogens is 2. The summed E-state index contributed by atoms with van der Waals surface area (Å²) >= 11 is 3.21. The van der Waals surface area contributed by atoms with Gasteiger partial charge in [0.25, 0.3) is 0 Å². The number of anilines is 1. The molecular weight excluding hydrogens is 249 g/mol. The first-order valence-corrected chi connectivity index (χ1v) is 4.71. The van der Waals surface area contributed by atoms with Gasteiger partial charge in [0.05, 0.1) is 11.9 Å². The number of halogens is 2. The molecule has 0 saturated heterocycles. The standard InChI is InChI=1S/C9H7BrFN3/c10-6-1-5(2-7(11)3-6)8-4-13-9(12)14-8/h1-4H,(H3,12,13,14). The van der Waals surface area contributed by atoms with E-state index in [9.17, 15) is 4.39 Å². The van der Waals surface area contributed by atoms with E-state index in [4.69, 9.17) is 5.73 Å². The van der Waals surface area contributed by atoms with Gasteiger partial charge in [-0.2, -0.15) is 0 Å². The number of imidazole rings is 1. The van der Waals surface area contributed by atoms with Crippen molar-refractivity contribution >= 4 is 21.9 Å². The van der Waals surface area contributed by atoms with Crippen LogP contribution in [0.2, 0.25) is 0 Å². The molecule has 1 heterocycles. The lowest BCUT2D eigenvalue weighted by molar-refractivity contribution is 0.627. The molecule has 0 aliphatic rings. The second kappa shape index (κ2) is 3.42. The Kier molecular flexibility index (Phi) is 2.25. The third-order valence-electron chi connectivity index (χ3n) is 1.77. The molecule has 1 aromatic heterocycles. The molecule has 0 fully saturated rings. The van der Waals surface area contributed by atoms with Gasteiger partial charge in [-0.25, -0.2) is 9.37 Å². The molecule has 0 atom stereocenters. The normalized spacial score (nSPS) is 10.4. The number of nitrogens with two attached hydrogens (primary N) is 1. The number of nitrogens with one attached hydrogen (secondary N) is 1. The van der Waals surface area contributed by atoms with Gasteiger partial charge in [0, 0.05) is 10.0 Å². The number of aromatic amines is 1. The average Bonchev–Trinajstić information content (AvgIpc) is 2.50. The predicted molar refractivity (Wildman–Crippen MR) is 56.1 cm³/mol. The molecule has 0 unspecified atom stereocenters. The molecule has 3 nitrogen and oxygen atoms in total. The van der Waals surface area contributed by atoms with E-state index in [0.29, 0.717) is 21.7 Å². The molecule has 0 aliphatic heterocycles. The van der Waals surface area contributed by atoms with Crippen molar-refractivity contribution in [1.82, 2.24) is 9.97 Å². The summed E-state index contributed by atoms with van der Waals surface area (Å²) in [6.07, 6.45) is 1.57. The SMILES string of the molecule is Nc1ncc(-c2cc(F)cc(Br)c2)[nH]1. The summed E-state index contributed by atoms with van der Waals surface area (Å²) in [5, 5.41) is 0. The van der Waals surface area contributed by atoms with Crippen molar-refractivity contribution in [3.05, 3.63) is 34.7 Å². The smallest absolute Gasteiger partial charge is 0.197 e. The fourth-order valence-corrected chi connectivity index (χ4v) is 1.66.